The summed E-state index contributed by atoms with van der Waals surface area (Å²) >= 11 is 0. The Hall–Kier alpha value is -1.70. The number of hydrogen-bond acceptors (Lipinski definition) is 4. The topological polar surface area (TPSA) is 67.2 Å². The normalized spacial score (nSPS) is 19.6. The molecule has 2 aromatic rings. The van der Waals surface area contributed by atoms with Gasteiger partial charge in [0.2, 0.25) is 10.0 Å². The molecule has 0 spiro atoms. The predicted molar refractivity (Wildman–Crippen MR) is 83.7 cm³/mol. The van der Waals surface area contributed by atoms with Gasteiger partial charge in [0.15, 0.2) is 0 Å². The van der Waals surface area contributed by atoms with Gasteiger partial charge in [-0.05, 0) is 25.2 Å². The van der Waals surface area contributed by atoms with Crippen LogP contribution in [0.1, 0.15) is 5.69 Å². The lowest BCUT2D eigenvalue weighted by Gasteiger charge is -2.20. The monoisotopic (exact) mass is 320 g/mol. The third-order valence-corrected chi connectivity index (χ3v) is 5.29. The number of aromatic nitrogens is 2. The van der Waals surface area contributed by atoms with E-state index < -0.39 is 10.0 Å². The molecule has 2 heterocycles. The molecule has 118 valence electrons. The zero-order valence-corrected chi connectivity index (χ0v) is 13.3. The van der Waals surface area contributed by atoms with Gasteiger partial charge in [-0.1, -0.05) is 18.2 Å². The fraction of sp³-hybridized carbons (Fsp3) is 0.400. The molecule has 1 aliphatic rings. The zero-order valence-electron chi connectivity index (χ0n) is 12.5. The molecule has 0 bridgehead atoms. The minimum Gasteiger partial charge on any atom is -0.300 e. The van der Waals surface area contributed by atoms with Crippen molar-refractivity contribution in [1.29, 1.82) is 0 Å². The first-order valence-electron chi connectivity index (χ1n) is 7.28. The lowest BCUT2D eigenvalue weighted by Crippen LogP contribution is -2.35. The molecule has 0 unspecified atom stereocenters. The second-order valence-electron chi connectivity index (χ2n) is 5.73. The molecule has 0 saturated heterocycles. The number of nitrogens with zero attached hydrogens (tertiary/aromatic N) is 3. The maximum Gasteiger partial charge on any atom is 0.240 e. The summed E-state index contributed by atoms with van der Waals surface area (Å²) in [6, 6.07) is 10.5. The Morgan fingerprint density at radius 3 is 2.77 bits per heavy atom. The largest absolute Gasteiger partial charge is 0.300 e. The molecule has 1 atom stereocenters. The SMILES string of the molecule is CN1Cc2ccnn2C[C@H](CNS(=O)(=O)c2ccccc2)C1. The van der Waals surface area contributed by atoms with E-state index in [1.807, 2.05) is 17.8 Å². The molecular formula is C15H20N4O2S. The lowest BCUT2D eigenvalue weighted by atomic mass is 10.1. The first kappa shape index (κ1) is 15.2. The van der Waals surface area contributed by atoms with Gasteiger partial charge in [-0.3, -0.25) is 4.68 Å². The molecule has 0 radical (unpaired) electrons. The van der Waals surface area contributed by atoms with E-state index in [1.165, 1.54) is 0 Å². The maximum atomic E-state index is 12.3. The summed E-state index contributed by atoms with van der Waals surface area (Å²) in [6.07, 6.45) is 1.79. The Kier molecular flexibility index (Phi) is 4.28. The molecule has 1 aromatic carbocycles. The van der Waals surface area contributed by atoms with Crippen molar-refractivity contribution in [1.82, 2.24) is 19.4 Å². The summed E-state index contributed by atoms with van der Waals surface area (Å²) < 4.78 is 29.3. The molecule has 6 nitrogen and oxygen atoms in total. The van der Waals surface area contributed by atoms with Crippen molar-refractivity contribution in [2.75, 3.05) is 20.1 Å². The molecule has 0 saturated carbocycles. The van der Waals surface area contributed by atoms with Crippen molar-refractivity contribution in [3.63, 3.8) is 0 Å². The molecule has 1 aliphatic heterocycles. The van der Waals surface area contributed by atoms with Crippen molar-refractivity contribution in [2.45, 2.75) is 18.0 Å². The van der Waals surface area contributed by atoms with E-state index >= 15 is 0 Å². The van der Waals surface area contributed by atoms with E-state index in [1.54, 1.807) is 36.5 Å². The van der Waals surface area contributed by atoms with Crippen LogP contribution in [-0.2, 0) is 23.1 Å². The summed E-state index contributed by atoms with van der Waals surface area (Å²) in [6.45, 7) is 2.80. The second-order valence-corrected chi connectivity index (χ2v) is 7.50. The number of sulfonamides is 1. The van der Waals surface area contributed by atoms with Crippen molar-refractivity contribution in [3.8, 4) is 0 Å². The minimum absolute atomic E-state index is 0.185. The summed E-state index contributed by atoms with van der Waals surface area (Å²) in [5.74, 6) is 0.185. The van der Waals surface area contributed by atoms with Crippen LogP contribution in [0.5, 0.6) is 0 Å². The summed E-state index contributed by atoms with van der Waals surface area (Å²) in [5.41, 5.74) is 1.16. The smallest absolute Gasteiger partial charge is 0.240 e. The molecular weight excluding hydrogens is 300 g/mol. The standard InChI is InChI=1S/C15H20N4O2S/c1-18-10-13(11-19-14(12-18)7-8-16-19)9-17-22(20,21)15-5-3-2-4-6-15/h2-8,13,17H,9-12H2,1H3/t13-/m1/s1. The number of nitrogens with one attached hydrogen (secondary N) is 1. The minimum atomic E-state index is -3.45. The van der Waals surface area contributed by atoms with Crippen LogP contribution in [0, 0.1) is 5.92 Å². The molecule has 0 aliphatic carbocycles. The van der Waals surface area contributed by atoms with Gasteiger partial charge >= 0.3 is 0 Å². The van der Waals surface area contributed by atoms with Crippen molar-refractivity contribution in [3.05, 3.63) is 48.3 Å². The van der Waals surface area contributed by atoms with E-state index in [9.17, 15) is 8.42 Å². The molecule has 22 heavy (non-hydrogen) atoms. The second kappa shape index (κ2) is 6.20. The predicted octanol–water partition coefficient (Wildman–Crippen LogP) is 0.923. The third kappa shape index (κ3) is 3.37. The molecule has 1 aromatic heterocycles. The zero-order chi connectivity index (χ0) is 15.6. The van der Waals surface area contributed by atoms with E-state index in [4.69, 9.17) is 0 Å². The number of hydrogen-bond donors (Lipinski definition) is 1. The van der Waals surface area contributed by atoms with Gasteiger partial charge in [-0.2, -0.15) is 5.10 Å². The van der Waals surface area contributed by atoms with Crippen LogP contribution >= 0.6 is 0 Å². The highest BCUT2D eigenvalue weighted by Crippen LogP contribution is 2.15. The van der Waals surface area contributed by atoms with Crippen molar-refractivity contribution in [2.24, 2.45) is 5.92 Å². The Morgan fingerprint density at radius 1 is 1.23 bits per heavy atom. The van der Waals surface area contributed by atoms with Crippen LogP contribution in [0.15, 0.2) is 47.5 Å². The third-order valence-electron chi connectivity index (χ3n) is 3.85. The van der Waals surface area contributed by atoms with Gasteiger partial charge < -0.3 is 4.90 Å². The van der Waals surface area contributed by atoms with Crippen LogP contribution in [0.2, 0.25) is 0 Å². The van der Waals surface area contributed by atoms with Gasteiger partial charge in [0.05, 0.1) is 10.6 Å². The summed E-state index contributed by atoms with van der Waals surface area (Å²) in [7, 11) is -1.41. The molecule has 7 heteroatoms. The molecule has 3 rings (SSSR count). The fourth-order valence-electron chi connectivity index (χ4n) is 2.78. The van der Waals surface area contributed by atoms with Crippen LogP contribution in [-0.4, -0.2) is 43.2 Å². The van der Waals surface area contributed by atoms with Gasteiger partial charge in [-0.15, -0.1) is 0 Å². The van der Waals surface area contributed by atoms with E-state index in [2.05, 4.69) is 14.7 Å². The molecule has 0 fully saturated rings. The van der Waals surface area contributed by atoms with Gasteiger partial charge in [0, 0.05) is 38.3 Å². The average molecular weight is 320 g/mol. The summed E-state index contributed by atoms with van der Waals surface area (Å²) in [4.78, 5) is 2.50. The van der Waals surface area contributed by atoms with E-state index in [0.717, 1.165) is 25.3 Å². The Balaban J connectivity index is 1.69. The fourth-order valence-corrected chi connectivity index (χ4v) is 3.92. The highest BCUT2D eigenvalue weighted by Gasteiger charge is 2.22. The van der Waals surface area contributed by atoms with Crippen LogP contribution in [0.4, 0.5) is 0 Å². The van der Waals surface area contributed by atoms with Gasteiger partial charge in [0.1, 0.15) is 0 Å². The number of benzene rings is 1. The maximum absolute atomic E-state index is 12.3. The highest BCUT2D eigenvalue weighted by atomic mass is 32.2. The van der Waals surface area contributed by atoms with Gasteiger partial charge in [0.25, 0.3) is 0 Å². The van der Waals surface area contributed by atoms with Crippen molar-refractivity contribution < 1.29 is 8.42 Å². The molecule has 0 amide bonds. The number of rotatable bonds is 4. The van der Waals surface area contributed by atoms with Crippen LogP contribution in [0.3, 0.4) is 0 Å². The highest BCUT2D eigenvalue weighted by molar-refractivity contribution is 7.89. The van der Waals surface area contributed by atoms with E-state index in [-0.39, 0.29) is 5.92 Å². The Bertz CT molecular complexity index is 727. The Morgan fingerprint density at radius 2 is 2.00 bits per heavy atom. The quantitative estimate of drug-likeness (QED) is 0.910. The first-order valence-corrected chi connectivity index (χ1v) is 8.77. The van der Waals surface area contributed by atoms with E-state index in [0.29, 0.717) is 11.4 Å². The lowest BCUT2D eigenvalue weighted by molar-refractivity contribution is 0.275. The summed E-state index contributed by atoms with van der Waals surface area (Å²) in [5, 5.41) is 4.32. The molecule has 1 N–H and O–H groups in total. The van der Waals surface area contributed by atoms with Crippen molar-refractivity contribution >= 4 is 10.0 Å². The van der Waals surface area contributed by atoms with Crippen LogP contribution < -0.4 is 4.72 Å². The van der Waals surface area contributed by atoms with Crippen LogP contribution in [0.25, 0.3) is 0 Å². The first-order chi connectivity index (χ1) is 10.5. The Labute approximate surface area is 130 Å². The average Bonchev–Trinajstić information content (AvgIpc) is 2.86. The number of fused-ring (bicyclic) bond motifs is 1. The van der Waals surface area contributed by atoms with Gasteiger partial charge in [-0.25, -0.2) is 13.1 Å².